The van der Waals surface area contributed by atoms with E-state index in [9.17, 15) is 4.79 Å². The van der Waals surface area contributed by atoms with Crippen molar-refractivity contribution in [3.8, 4) is 11.4 Å². The Hall–Kier alpha value is -3.12. The van der Waals surface area contributed by atoms with Gasteiger partial charge in [0, 0.05) is 25.2 Å². The molecule has 30 heavy (non-hydrogen) atoms. The number of allylic oxidation sites excluding steroid dienone is 1. The Labute approximate surface area is 181 Å². The molecule has 5 nitrogen and oxygen atoms in total. The van der Waals surface area contributed by atoms with Crippen molar-refractivity contribution in [2.75, 3.05) is 18.8 Å². The van der Waals surface area contributed by atoms with E-state index in [1.807, 2.05) is 64.1 Å². The molecule has 1 aliphatic rings. The van der Waals surface area contributed by atoms with Crippen molar-refractivity contribution in [2.24, 2.45) is 0 Å². The van der Waals surface area contributed by atoms with Crippen LogP contribution in [-0.2, 0) is 11.3 Å². The molecule has 0 spiro atoms. The second-order valence-corrected chi connectivity index (χ2v) is 7.99. The highest BCUT2D eigenvalue weighted by atomic mass is 32.2. The van der Waals surface area contributed by atoms with Crippen molar-refractivity contribution in [1.29, 1.82) is 0 Å². The maximum atomic E-state index is 12.8. The largest absolute Gasteiger partial charge is 0.338 e. The van der Waals surface area contributed by atoms with E-state index in [1.165, 1.54) is 22.9 Å². The van der Waals surface area contributed by atoms with Crippen molar-refractivity contribution in [3.63, 3.8) is 0 Å². The molecule has 0 fully saturated rings. The van der Waals surface area contributed by atoms with E-state index >= 15 is 0 Å². The number of nitrogens with zero attached hydrogens (tertiary/aromatic N) is 4. The average molecular weight is 417 g/mol. The Morgan fingerprint density at radius 1 is 1.03 bits per heavy atom. The maximum absolute atomic E-state index is 12.8. The van der Waals surface area contributed by atoms with E-state index < -0.39 is 0 Å². The quantitative estimate of drug-likeness (QED) is 0.419. The molecular formula is C24H24N4OS. The molecule has 152 valence electrons. The molecule has 0 unspecified atom stereocenters. The van der Waals surface area contributed by atoms with Gasteiger partial charge in [-0.1, -0.05) is 84.6 Å². The summed E-state index contributed by atoms with van der Waals surface area (Å²) in [5.74, 6) is 1.26. The Balaban J connectivity index is 1.40. The van der Waals surface area contributed by atoms with Crippen LogP contribution in [0.3, 0.4) is 0 Å². The molecule has 1 aliphatic heterocycles. The van der Waals surface area contributed by atoms with Crippen LogP contribution in [0.5, 0.6) is 0 Å². The topological polar surface area (TPSA) is 51.0 Å². The van der Waals surface area contributed by atoms with Gasteiger partial charge in [-0.3, -0.25) is 9.36 Å². The Morgan fingerprint density at radius 3 is 2.37 bits per heavy atom. The summed E-state index contributed by atoms with van der Waals surface area (Å²) in [5.41, 5.74) is 3.55. The lowest BCUT2D eigenvalue weighted by molar-refractivity contribution is -0.127. The van der Waals surface area contributed by atoms with Gasteiger partial charge in [0.05, 0.1) is 5.75 Å². The zero-order valence-electron chi connectivity index (χ0n) is 16.8. The summed E-state index contributed by atoms with van der Waals surface area (Å²) < 4.78 is 2.00. The van der Waals surface area contributed by atoms with Crippen molar-refractivity contribution in [2.45, 2.75) is 18.1 Å². The molecule has 4 rings (SSSR count). The van der Waals surface area contributed by atoms with Gasteiger partial charge in [0.25, 0.3) is 0 Å². The highest BCUT2D eigenvalue weighted by molar-refractivity contribution is 7.99. The number of amides is 1. The third kappa shape index (κ3) is 4.54. The Kier molecular flexibility index (Phi) is 6.44. The van der Waals surface area contributed by atoms with Gasteiger partial charge in [-0.25, -0.2) is 0 Å². The van der Waals surface area contributed by atoms with Gasteiger partial charge in [-0.2, -0.15) is 0 Å². The normalized spacial score (nSPS) is 13.7. The van der Waals surface area contributed by atoms with E-state index in [4.69, 9.17) is 0 Å². The minimum atomic E-state index is 0.123. The molecule has 0 N–H and O–H groups in total. The molecule has 0 radical (unpaired) electrons. The summed E-state index contributed by atoms with van der Waals surface area (Å²) in [6, 6.07) is 20.3. The molecule has 3 aromatic rings. The smallest absolute Gasteiger partial charge is 0.233 e. The van der Waals surface area contributed by atoms with Gasteiger partial charge in [-0.15, -0.1) is 16.8 Å². The van der Waals surface area contributed by atoms with Crippen LogP contribution in [0.1, 0.15) is 12.0 Å². The molecule has 2 heterocycles. The lowest BCUT2D eigenvalue weighted by atomic mass is 10.00. The first-order valence-electron chi connectivity index (χ1n) is 10.0. The van der Waals surface area contributed by atoms with Gasteiger partial charge in [0.2, 0.25) is 5.91 Å². The molecular weight excluding hydrogens is 392 g/mol. The first-order chi connectivity index (χ1) is 14.8. The van der Waals surface area contributed by atoms with Crippen molar-refractivity contribution < 1.29 is 4.79 Å². The summed E-state index contributed by atoms with van der Waals surface area (Å²) in [4.78, 5) is 14.7. The number of hydrogen-bond donors (Lipinski definition) is 0. The van der Waals surface area contributed by atoms with E-state index in [0.29, 0.717) is 18.8 Å². The lowest BCUT2D eigenvalue weighted by Gasteiger charge is -2.26. The number of benzene rings is 2. The molecule has 0 saturated carbocycles. The van der Waals surface area contributed by atoms with Crippen molar-refractivity contribution >= 4 is 23.2 Å². The number of rotatable bonds is 7. The van der Waals surface area contributed by atoms with Gasteiger partial charge in [0.15, 0.2) is 11.0 Å². The third-order valence-electron chi connectivity index (χ3n) is 5.09. The monoisotopic (exact) mass is 416 g/mol. The second-order valence-electron chi connectivity index (χ2n) is 7.05. The predicted molar refractivity (Wildman–Crippen MR) is 122 cm³/mol. The standard InChI is InChI=1S/C24H24N4OS/c1-2-15-28-23(21-11-7-4-8-12-21)25-26-24(28)30-18-22(29)27-16-13-20(14-17-27)19-9-5-3-6-10-19/h2-13H,1,14-18H2. The summed E-state index contributed by atoms with van der Waals surface area (Å²) in [6.45, 7) is 5.84. The lowest BCUT2D eigenvalue weighted by Crippen LogP contribution is -2.35. The predicted octanol–water partition coefficient (Wildman–Crippen LogP) is 4.54. The van der Waals surface area contributed by atoms with Crippen LogP contribution < -0.4 is 0 Å². The van der Waals surface area contributed by atoms with Crippen LogP contribution in [-0.4, -0.2) is 44.4 Å². The molecule has 2 aromatic carbocycles. The maximum Gasteiger partial charge on any atom is 0.233 e. The zero-order valence-corrected chi connectivity index (χ0v) is 17.6. The first-order valence-corrected chi connectivity index (χ1v) is 11.0. The SMILES string of the molecule is C=CCn1c(SCC(=O)N2CC=C(c3ccccc3)CC2)nnc1-c1ccccc1. The molecule has 0 aliphatic carbocycles. The fourth-order valence-corrected chi connectivity index (χ4v) is 4.37. The highest BCUT2D eigenvalue weighted by Gasteiger charge is 2.20. The molecule has 0 saturated heterocycles. The van der Waals surface area contributed by atoms with E-state index in [-0.39, 0.29) is 5.91 Å². The number of aromatic nitrogens is 3. The summed E-state index contributed by atoms with van der Waals surface area (Å²) >= 11 is 1.43. The minimum absolute atomic E-state index is 0.123. The second kappa shape index (κ2) is 9.59. The van der Waals surface area contributed by atoms with E-state index in [1.54, 1.807) is 0 Å². The van der Waals surface area contributed by atoms with Crippen LogP contribution in [0.2, 0.25) is 0 Å². The van der Waals surface area contributed by atoms with Gasteiger partial charge < -0.3 is 4.90 Å². The Bertz CT molecular complexity index is 1040. The van der Waals surface area contributed by atoms with Crippen LogP contribution in [0.25, 0.3) is 17.0 Å². The first kappa shape index (κ1) is 20.2. The van der Waals surface area contributed by atoms with Gasteiger partial charge >= 0.3 is 0 Å². The van der Waals surface area contributed by atoms with Crippen molar-refractivity contribution in [3.05, 3.63) is 85.0 Å². The number of carbonyl (C=O) groups excluding carboxylic acids is 1. The summed E-state index contributed by atoms with van der Waals surface area (Å²) in [5, 5.41) is 9.41. The molecule has 1 amide bonds. The summed E-state index contributed by atoms with van der Waals surface area (Å²) in [6.07, 6.45) is 4.86. The van der Waals surface area contributed by atoms with Gasteiger partial charge in [0.1, 0.15) is 0 Å². The molecule has 1 aromatic heterocycles. The molecule has 0 atom stereocenters. The van der Waals surface area contributed by atoms with Crippen LogP contribution in [0, 0.1) is 0 Å². The van der Waals surface area contributed by atoms with Gasteiger partial charge in [-0.05, 0) is 17.6 Å². The fraction of sp³-hybridized carbons (Fsp3) is 0.208. The fourth-order valence-electron chi connectivity index (χ4n) is 3.52. The van der Waals surface area contributed by atoms with Crippen molar-refractivity contribution in [1.82, 2.24) is 19.7 Å². The zero-order chi connectivity index (χ0) is 20.8. The third-order valence-corrected chi connectivity index (χ3v) is 6.04. The summed E-state index contributed by atoms with van der Waals surface area (Å²) in [7, 11) is 0. The van der Waals surface area contributed by atoms with E-state index in [2.05, 4.69) is 35.0 Å². The molecule has 6 heteroatoms. The highest BCUT2D eigenvalue weighted by Crippen LogP contribution is 2.26. The minimum Gasteiger partial charge on any atom is -0.338 e. The van der Waals surface area contributed by atoms with Crippen LogP contribution in [0.4, 0.5) is 0 Å². The number of thioether (sulfide) groups is 1. The Morgan fingerprint density at radius 2 is 1.73 bits per heavy atom. The van der Waals surface area contributed by atoms with Crippen LogP contribution in [0.15, 0.2) is 84.6 Å². The molecule has 0 bridgehead atoms. The van der Waals surface area contributed by atoms with Crippen LogP contribution >= 0.6 is 11.8 Å². The average Bonchev–Trinajstić information content (AvgIpc) is 3.21. The van der Waals surface area contributed by atoms with E-state index in [0.717, 1.165) is 29.5 Å². The number of carbonyl (C=O) groups is 1. The number of hydrogen-bond acceptors (Lipinski definition) is 4.